The van der Waals surface area contributed by atoms with Crippen LogP contribution in [0.5, 0.6) is 0 Å². The zero-order chi connectivity index (χ0) is 22.5. The van der Waals surface area contributed by atoms with Gasteiger partial charge >= 0.3 is 0 Å². The van der Waals surface area contributed by atoms with Gasteiger partial charge < -0.3 is 9.73 Å². The minimum absolute atomic E-state index is 0.127. The summed E-state index contributed by atoms with van der Waals surface area (Å²) < 4.78 is 7.24. The van der Waals surface area contributed by atoms with Crippen LogP contribution in [-0.2, 0) is 11.3 Å². The van der Waals surface area contributed by atoms with Crippen LogP contribution >= 0.6 is 22.9 Å². The molecule has 2 aromatic heterocycles. The molecule has 0 unspecified atom stereocenters. The Kier molecular flexibility index (Phi) is 6.36. The van der Waals surface area contributed by atoms with E-state index in [2.05, 4.69) is 5.32 Å². The molecule has 4 rings (SSSR count). The van der Waals surface area contributed by atoms with Crippen molar-refractivity contribution in [3.63, 3.8) is 0 Å². The van der Waals surface area contributed by atoms with Crippen molar-refractivity contribution in [2.45, 2.75) is 6.54 Å². The van der Waals surface area contributed by atoms with Gasteiger partial charge in [-0.1, -0.05) is 41.9 Å². The highest BCUT2D eigenvalue weighted by Gasteiger charge is 2.17. The number of furan rings is 1. The predicted molar refractivity (Wildman–Crippen MR) is 124 cm³/mol. The lowest BCUT2D eigenvalue weighted by Crippen LogP contribution is -2.33. The molecule has 0 saturated carbocycles. The van der Waals surface area contributed by atoms with Gasteiger partial charge in [0.05, 0.1) is 23.0 Å². The lowest BCUT2D eigenvalue weighted by Gasteiger charge is -2.04. The van der Waals surface area contributed by atoms with E-state index in [9.17, 15) is 14.9 Å². The van der Waals surface area contributed by atoms with Gasteiger partial charge in [0.15, 0.2) is 5.57 Å². The Hall–Kier alpha value is -3.86. The minimum atomic E-state index is -0.590. The Labute approximate surface area is 191 Å². The Bertz CT molecular complexity index is 1460. The zero-order valence-electron chi connectivity index (χ0n) is 16.6. The van der Waals surface area contributed by atoms with Crippen LogP contribution in [0.4, 0.5) is 0 Å². The van der Waals surface area contributed by atoms with Crippen LogP contribution in [0.3, 0.4) is 0 Å². The molecule has 0 aliphatic heterocycles. The normalized spacial score (nSPS) is 12.3. The molecule has 1 N–H and O–H groups in total. The lowest BCUT2D eigenvalue weighted by molar-refractivity contribution is -0.115. The van der Waals surface area contributed by atoms with Crippen LogP contribution in [-0.4, -0.2) is 10.5 Å². The number of amides is 1. The van der Waals surface area contributed by atoms with Crippen molar-refractivity contribution in [2.75, 3.05) is 0 Å². The third kappa shape index (κ3) is 4.57. The maximum Gasteiger partial charge on any atom is 0.273 e. The molecule has 0 atom stereocenters. The summed E-state index contributed by atoms with van der Waals surface area (Å²) in [4.78, 5) is 26.1. The van der Waals surface area contributed by atoms with E-state index < -0.39 is 5.91 Å². The standard InChI is InChI=1S/C24H16ClN3O3S/c25-17-10-8-16(9-11-17)13-21-23(30)28(18-5-2-1-3-6-18)24(32-21)20(14-26)22(29)27-15-19-7-4-12-31-19/h1-13H,15H2,(H,27,29)/b21-13-,24-20+. The third-order valence-corrected chi connectivity index (χ3v) is 5.91. The molecule has 1 amide bonds. The fraction of sp³-hybridized carbons (Fsp3) is 0.0417. The molecule has 2 aromatic carbocycles. The van der Waals surface area contributed by atoms with Gasteiger partial charge in [0, 0.05) is 5.02 Å². The number of carbonyl (C=O) groups excluding carboxylic acids is 1. The van der Waals surface area contributed by atoms with Gasteiger partial charge in [-0.3, -0.25) is 14.2 Å². The summed E-state index contributed by atoms with van der Waals surface area (Å²) >= 11 is 7.03. The van der Waals surface area contributed by atoms with Gasteiger partial charge in [0.2, 0.25) is 0 Å². The molecule has 0 spiro atoms. The average molecular weight is 462 g/mol. The van der Waals surface area contributed by atoms with Crippen molar-refractivity contribution in [2.24, 2.45) is 0 Å². The molecular formula is C24H16ClN3O3S. The molecular weight excluding hydrogens is 446 g/mol. The number of thiazole rings is 1. The number of hydrogen-bond acceptors (Lipinski definition) is 5. The fourth-order valence-electron chi connectivity index (χ4n) is 3.04. The fourth-order valence-corrected chi connectivity index (χ4v) is 4.26. The molecule has 0 radical (unpaired) electrons. The predicted octanol–water partition coefficient (Wildman–Crippen LogP) is 2.96. The smallest absolute Gasteiger partial charge is 0.273 e. The van der Waals surface area contributed by atoms with E-state index in [1.165, 1.54) is 10.8 Å². The summed E-state index contributed by atoms with van der Waals surface area (Å²) in [5.74, 6) is -0.0353. The molecule has 0 saturated heterocycles. The van der Waals surface area contributed by atoms with Crippen LogP contribution in [0.1, 0.15) is 11.3 Å². The maximum atomic E-state index is 13.3. The van der Waals surface area contributed by atoms with Gasteiger partial charge in [-0.05, 0) is 48.0 Å². The Morgan fingerprint density at radius 3 is 2.53 bits per heavy atom. The summed E-state index contributed by atoms with van der Waals surface area (Å²) in [6.07, 6.45) is 3.21. The third-order valence-electron chi connectivity index (χ3n) is 4.56. The van der Waals surface area contributed by atoms with Gasteiger partial charge in [-0.15, -0.1) is 11.3 Å². The van der Waals surface area contributed by atoms with Crippen molar-refractivity contribution < 1.29 is 9.21 Å². The summed E-state index contributed by atoms with van der Waals surface area (Å²) in [5.41, 5.74) is 0.863. The Morgan fingerprint density at radius 1 is 1.12 bits per heavy atom. The van der Waals surface area contributed by atoms with E-state index in [0.717, 1.165) is 16.9 Å². The van der Waals surface area contributed by atoms with Crippen molar-refractivity contribution in [3.8, 4) is 11.8 Å². The zero-order valence-corrected chi connectivity index (χ0v) is 18.2. The first-order chi connectivity index (χ1) is 15.6. The first-order valence-electron chi connectivity index (χ1n) is 9.56. The van der Waals surface area contributed by atoms with Gasteiger partial charge in [0.1, 0.15) is 16.5 Å². The Balaban J connectivity index is 1.89. The van der Waals surface area contributed by atoms with Crippen LogP contribution in [0.2, 0.25) is 5.02 Å². The van der Waals surface area contributed by atoms with Crippen molar-refractivity contribution >= 4 is 40.5 Å². The first-order valence-corrected chi connectivity index (χ1v) is 10.8. The highest BCUT2D eigenvalue weighted by molar-refractivity contribution is 7.07. The number of aromatic nitrogens is 1. The topological polar surface area (TPSA) is 88.0 Å². The molecule has 0 fully saturated rings. The number of para-hydroxylation sites is 1. The summed E-state index contributed by atoms with van der Waals surface area (Å²) in [6, 6.07) is 21.3. The number of benzene rings is 2. The highest BCUT2D eigenvalue weighted by atomic mass is 35.5. The number of rotatable bonds is 5. The van der Waals surface area contributed by atoms with E-state index in [4.69, 9.17) is 16.0 Å². The van der Waals surface area contributed by atoms with E-state index in [0.29, 0.717) is 21.0 Å². The molecule has 8 heteroatoms. The Morgan fingerprint density at radius 2 is 1.88 bits per heavy atom. The van der Waals surface area contributed by atoms with Gasteiger partial charge in [0.25, 0.3) is 11.5 Å². The summed E-state index contributed by atoms with van der Waals surface area (Å²) in [5, 5.41) is 13.1. The molecule has 32 heavy (non-hydrogen) atoms. The second kappa shape index (κ2) is 9.52. The van der Waals surface area contributed by atoms with Crippen LogP contribution in [0, 0.1) is 11.3 Å². The molecule has 0 aliphatic rings. The highest BCUT2D eigenvalue weighted by Crippen LogP contribution is 2.10. The number of nitriles is 1. The molecule has 0 aliphatic carbocycles. The molecule has 6 nitrogen and oxygen atoms in total. The summed E-state index contributed by atoms with van der Waals surface area (Å²) in [6.45, 7) is 0.127. The van der Waals surface area contributed by atoms with Crippen molar-refractivity contribution in [1.82, 2.24) is 9.88 Å². The van der Waals surface area contributed by atoms with E-state index in [1.54, 1.807) is 66.7 Å². The lowest BCUT2D eigenvalue weighted by atomic mass is 10.2. The van der Waals surface area contributed by atoms with Crippen LogP contribution in [0.25, 0.3) is 17.3 Å². The second-order valence-electron chi connectivity index (χ2n) is 6.69. The number of nitrogens with zero attached hydrogens (tertiary/aromatic N) is 2. The number of halogens is 1. The van der Waals surface area contributed by atoms with E-state index in [-0.39, 0.29) is 22.3 Å². The second-order valence-corrected chi connectivity index (χ2v) is 8.16. The number of carbonyl (C=O) groups is 1. The monoisotopic (exact) mass is 461 g/mol. The van der Waals surface area contributed by atoms with Gasteiger partial charge in [-0.2, -0.15) is 5.26 Å². The SMILES string of the molecule is N#C/C(C(=O)NCc1ccco1)=c1\s/c(=C\c2ccc(Cl)cc2)c(=O)n1-c1ccccc1. The molecule has 0 bridgehead atoms. The first kappa shape index (κ1) is 21.4. The minimum Gasteiger partial charge on any atom is -0.467 e. The van der Waals surface area contributed by atoms with E-state index in [1.807, 2.05) is 12.1 Å². The molecule has 158 valence electrons. The van der Waals surface area contributed by atoms with Crippen molar-refractivity contribution in [3.05, 3.63) is 109 Å². The summed E-state index contributed by atoms with van der Waals surface area (Å²) in [7, 11) is 0. The van der Waals surface area contributed by atoms with Crippen LogP contribution in [0.15, 0.2) is 82.2 Å². The average Bonchev–Trinajstić information content (AvgIpc) is 3.43. The van der Waals surface area contributed by atoms with E-state index >= 15 is 0 Å². The quantitative estimate of drug-likeness (QED) is 0.495. The molecule has 4 aromatic rings. The maximum absolute atomic E-state index is 13.3. The van der Waals surface area contributed by atoms with Gasteiger partial charge in [-0.25, -0.2) is 0 Å². The van der Waals surface area contributed by atoms with Crippen LogP contribution < -0.4 is 20.1 Å². The number of hydrogen-bond donors (Lipinski definition) is 1. The molecule has 2 heterocycles. The van der Waals surface area contributed by atoms with Crippen molar-refractivity contribution in [1.29, 1.82) is 5.26 Å². The largest absolute Gasteiger partial charge is 0.467 e. The number of nitrogens with one attached hydrogen (secondary N) is 1.